The van der Waals surface area contributed by atoms with Gasteiger partial charge >= 0.3 is 5.97 Å². The van der Waals surface area contributed by atoms with Gasteiger partial charge in [0, 0.05) is 36.9 Å². The van der Waals surface area contributed by atoms with E-state index in [1.165, 1.54) is 11.7 Å². The third-order valence-electron chi connectivity index (χ3n) is 5.47. The van der Waals surface area contributed by atoms with E-state index in [4.69, 9.17) is 16.3 Å². The molecule has 0 aliphatic carbocycles. The highest BCUT2D eigenvalue weighted by atomic mass is 35.5. The van der Waals surface area contributed by atoms with Gasteiger partial charge in [0.25, 0.3) is 5.56 Å². The molecule has 1 saturated heterocycles. The molecule has 0 spiro atoms. The zero-order valence-electron chi connectivity index (χ0n) is 18.1. The molecule has 1 aliphatic heterocycles. The highest BCUT2D eigenvalue weighted by Crippen LogP contribution is 2.22. The molecule has 0 unspecified atom stereocenters. The van der Waals surface area contributed by atoms with Gasteiger partial charge in [-0.15, -0.1) is 0 Å². The Balaban J connectivity index is 1.45. The second kappa shape index (κ2) is 10.3. The molecule has 0 atom stereocenters. The standard InChI is InChI=1S/C23H23ClN4O4S/c1-32-21(30)14-28-22(31)18-7-2-3-8-19(18)25-23(28)33-15-20(29)27-11-9-26(10-12-27)17-6-4-5-16(24)13-17/h2-8,13H,9-12,14-15H2,1H3. The number of anilines is 1. The largest absolute Gasteiger partial charge is 0.468 e. The second-order valence-electron chi connectivity index (χ2n) is 7.52. The summed E-state index contributed by atoms with van der Waals surface area (Å²) in [6.07, 6.45) is 0. The van der Waals surface area contributed by atoms with Gasteiger partial charge in [-0.1, -0.05) is 41.6 Å². The fourth-order valence-electron chi connectivity index (χ4n) is 3.70. The maximum absolute atomic E-state index is 12.9. The average Bonchev–Trinajstić information content (AvgIpc) is 2.84. The lowest BCUT2D eigenvalue weighted by molar-refractivity contribution is -0.141. The Morgan fingerprint density at radius 3 is 2.58 bits per heavy atom. The van der Waals surface area contributed by atoms with E-state index in [9.17, 15) is 14.4 Å². The molecule has 1 aromatic heterocycles. The van der Waals surface area contributed by atoms with E-state index < -0.39 is 5.97 Å². The van der Waals surface area contributed by atoms with Crippen LogP contribution in [0.2, 0.25) is 5.02 Å². The van der Waals surface area contributed by atoms with Gasteiger partial charge in [0.2, 0.25) is 5.91 Å². The summed E-state index contributed by atoms with van der Waals surface area (Å²) in [6, 6.07) is 14.6. The van der Waals surface area contributed by atoms with Crippen molar-refractivity contribution in [3.05, 3.63) is 63.9 Å². The van der Waals surface area contributed by atoms with Gasteiger partial charge in [0.05, 0.1) is 23.8 Å². The Bertz CT molecular complexity index is 1240. The molecule has 10 heteroatoms. The van der Waals surface area contributed by atoms with Crippen LogP contribution < -0.4 is 10.5 Å². The Kier molecular flexibility index (Phi) is 7.20. The smallest absolute Gasteiger partial charge is 0.325 e. The first-order valence-electron chi connectivity index (χ1n) is 10.4. The van der Waals surface area contributed by atoms with Gasteiger partial charge in [0.15, 0.2) is 5.16 Å². The molecule has 3 aromatic rings. The first-order valence-corrected chi connectivity index (χ1v) is 11.8. The lowest BCUT2D eigenvalue weighted by atomic mass is 10.2. The number of amides is 1. The number of fused-ring (bicyclic) bond motifs is 1. The van der Waals surface area contributed by atoms with Crippen LogP contribution in [-0.4, -0.2) is 65.4 Å². The van der Waals surface area contributed by atoms with Gasteiger partial charge in [0.1, 0.15) is 6.54 Å². The number of hydrogen-bond donors (Lipinski definition) is 0. The minimum absolute atomic E-state index is 0.0437. The number of benzene rings is 2. The lowest BCUT2D eigenvalue weighted by Crippen LogP contribution is -2.49. The molecule has 0 radical (unpaired) electrons. The molecule has 8 nitrogen and oxygen atoms in total. The zero-order valence-corrected chi connectivity index (χ0v) is 19.6. The molecule has 0 N–H and O–H groups in total. The topological polar surface area (TPSA) is 84.7 Å². The number of halogens is 1. The fraction of sp³-hybridized carbons (Fsp3) is 0.304. The van der Waals surface area contributed by atoms with E-state index in [-0.39, 0.29) is 23.8 Å². The number of aromatic nitrogens is 2. The number of piperazine rings is 1. The Morgan fingerprint density at radius 1 is 1.09 bits per heavy atom. The monoisotopic (exact) mass is 486 g/mol. The van der Waals surface area contributed by atoms with Crippen molar-refractivity contribution in [2.75, 3.05) is 43.9 Å². The highest BCUT2D eigenvalue weighted by Gasteiger charge is 2.23. The van der Waals surface area contributed by atoms with Crippen molar-refractivity contribution in [1.29, 1.82) is 0 Å². The van der Waals surface area contributed by atoms with Crippen LogP contribution in [-0.2, 0) is 20.9 Å². The van der Waals surface area contributed by atoms with Crippen LogP contribution in [0.15, 0.2) is 58.5 Å². The van der Waals surface area contributed by atoms with Crippen molar-refractivity contribution in [3.8, 4) is 0 Å². The quantitative estimate of drug-likeness (QED) is 0.301. The molecule has 1 aliphatic rings. The molecule has 0 saturated carbocycles. The number of thioether (sulfide) groups is 1. The van der Waals surface area contributed by atoms with E-state index in [1.807, 2.05) is 24.3 Å². The molecule has 0 bridgehead atoms. The summed E-state index contributed by atoms with van der Waals surface area (Å²) in [4.78, 5) is 46.2. The number of ether oxygens (including phenoxy) is 1. The molecule has 33 heavy (non-hydrogen) atoms. The summed E-state index contributed by atoms with van der Waals surface area (Å²) in [5.41, 5.74) is 1.22. The number of carbonyl (C=O) groups excluding carboxylic acids is 2. The summed E-state index contributed by atoms with van der Waals surface area (Å²) < 4.78 is 5.99. The van der Waals surface area contributed by atoms with Crippen molar-refractivity contribution >= 4 is 51.8 Å². The van der Waals surface area contributed by atoms with Crippen LogP contribution in [0.3, 0.4) is 0 Å². The molecule has 172 valence electrons. The summed E-state index contributed by atoms with van der Waals surface area (Å²) in [5, 5.41) is 1.41. The normalized spacial score (nSPS) is 13.9. The molecular formula is C23H23ClN4O4S. The molecule has 2 heterocycles. The Morgan fingerprint density at radius 2 is 1.85 bits per heavy atom. The lowest BCUT2D eigenvalue weighted by Gasteiger charge is -2.36. The van der Waals surface area contributed by atoms with Crippen LogP contribution in [0.1, 0.15) is 0 Å². The van der Waals surface area contributed by atoms with Crippen LogP contribution in [0.25, 0.3) is 10.9 Å². The van der Waals surface area contributed by atoms with E-state index in [0.29, 0.717) is 47.3 Å². The Labute approximate surface area is 200 Å². The van der Waals surface area contributed by atoms with E-state index in [0.717, 1.165) is 17.4 Å². The number of carbonyl (C=O) groups is 2. The van der Waals surface area contributed by atoms with Gasteiger partial charge in [-0.3, -0.25) is 19.0 Å². The average molecular weight is 487 g/mol. The van der Waals surface area contributed by atoms with Gasteiger partial charge in [-0.2, -0.15) is 0 Å². The number of hydrogen-bond acceptors (Lipinski definition) is 7. The summed E-state index contributed by atoms with van der Waals surface area (Å²) in [7, 11) is 1.27. The van der Waals surface area contributed by atoms with Crippen LogP contribution in [0.4, 0.5) is 5.69 Å². The van der Waals surface area contributed by atoms with Crippen molar-refractivity contribution in [2.45, 2.75) is 11.7 Å². The van der Waals surface area contributed by atoms with E-state index in [2.05, 4.69) is 9.88 Å². The van der Waals surface area contributed by atoms with E-state index in [1.54, 1.807) is 29.2 Å². The van der Waals surface area contributed by atoms with Gasteiger partial charge < -0.3 is 14.5 Å². The van der Waals surface area contributed by atoms with Crippen molar-refractivity contribution < 1.29 is 14.3 Å². The van der Waals surface area contributed by atoms with Crippen molar-refractivity contribution in [2.24, 2.45) is 0 Å². The highest BCUT2D eigenvalue weighted by molar-refractivity contribution is 7.99. The first-order chi connectivity index (χ1) is 16.0. The molecule has 4 rings (SSSR count). The van der Waals surface area contributed by atoms with Crippen molar-refractivity contribution in [1.82, 2.24) is 14.5 Å². The van der Waals surface area contributed by atoms with E-state index >= 15 is 0 Å². The first kappa shape index (κ1) is 23.1. The maximum Gasteiger partial charge on any atom is 0.325 e. The number of rotatable bonds is 6. The van der Waals surface area contributed by atoms with Crippen molar-refractivity contribution in [3.63, 3.8) is 0 Å². The van der Waals surface area contributed by atoms with Gasteiger partial charge in [-0.25, -0.2) is 4.98 Å². The minimum atomic E-state index is -0.556. The predicted molar refractivity (Wildman–Crippen MR) is 129 cm³/mol. The van der Waals surface area contributed by atoms with Gasteiger partial charge in [-0.05, 0) is 30.3 Å². The number of esters is 1. The number of nitrogens with zero attached hydrogens (tertiary/aromatic N) is 4. The molecule has 1 amide bonds. The third kappa shape index (κ3) is 5.31. The molecule has 2 aromatic carbocycles. The minimum Gasteiger partial charge on any atom is -0.468 e. The second-order valence-corrected chi connectivity index (χ2v) is 8.89. The zero-order chi connectivity index (χ0) is 23.4. The third-order valence-corrected chi connectivity index (χ3v) is 6.67. The molecular weight excluding hydrogens is 464 g/mol. The van der Waals surface area contributed by atoms with Crippen LogP contribution in [0.5, 0.6) is 0 Å². The van der Waals surface area contributed by atoms with Crippen LogP contribution >= 0.6 is 23.4 Å². The molecule has 1 fully saturated rings. The predicted octanol–water partition coefficient (Wildman–Crippen LogP) is 2.66. The SMILES string of the molecule is COC(=O)Cn1c(SCC(=O)N2CCN(c3cccc(Cl)c3)CC2)nc2ccccc2c1=O. The summed E-state index contributed by atoms with van der Waals surface area (Å²) in [6.45, 7) is 2.33. The Hall–Kier alpha value is -3.04. The maximum atomic E-state index is 12.9. The number of methoxy groups -OCH3 is 1. The summed E-state index contributed by atoms with van der Waals surface area (Å²) in [5.74, 6) is -0.486. The van der Waals surface area contributed by atoms with Crippen LogP contribution in [0, 0.1) is 0 Å². The fourth-order valence-corrected chi connectivity index (χ4v) is 4.78. The number of para-hydroxylation sites is 1. The summed E-state index contributed by atoms with van der Waals surface area (Å²) >= 11 is 7.24.